The topological polar surface area (TPSA) is 59.8 Å². The van der Waals surface area contributed by atoms with Crippen LogP contribution in [-0.4, -0.2) is 20.7 Å². The average molecular weight is 346 g/mol. The van der Waals surface area contributed by atoms with Crippen LogP contribution in [0.25, 0.3) is 16.9 Å². The van der Waals surface area contributed by atoms with Crippen LogP contribution in [0.15, 0.2) is 78.4 Å². The van der Waals surface area contributed by atoms with Crippen molar-refractivity contribution < 1.29 is 4.79 Å². The van der Waals surface area contributed by atoms with Gasteiger partial charge in [0.05, 0.1) is 11.4 Å². The zero-order valence-electron chi connectivity index (χ0n) is 13.2. The molecule has 0 fully saturated rings. The van der Waals surface area contributed by atoms with Gasteiger partial charge in [-0.25, -0.2) is 9.67 Å². The van der Waals surface area contributed by atoms with Gasteiger partial charge in [-0.2, -0.15) is 5.10 Å². The molecule has 0 atom stereocenters. The van der Waals surface area contributed by atoms with Crippen molar-refractivity contribution in [1.29, 1.82) is 0 Å². The summed E-state index contributed by atoms with van der Waals surface area (Å²) in [5.41, 5.74) is 3.37. The Morgan fingerprint density at radius 2 is 1.80 bits per heavy atom. The van der Waals surface area contributed by atoms with Crippen LogP contribution in [0.5, 0.6) is 0 Å². The molecule has 0 aliphatic heterocycles. The number of hydrogen-bond donors (Lipinski definition) is 1. The molecule has 122 valence electrons. The van der Waals surface area contributed by atoms with Crippen LogP contribution in [-0.2, 0) is 0 Å². The standard InChI is InChI=1S/C19H14N4OS/c24-18(15-7-9-16(10-8-15)23-12-4-11-20-23)22-19-21-17(13-25-19)14-5-2-1-3-6-14/h1-13H,(H,21,22,24). The fourth-order valence-corrected chi connectivity index (χ4v) is 3.14. The number of nitrogens with one attached hydrogen (secondary N) is 1. The molecular formula is C19H14N4OS. The summed E-state index contributed by atoms with van der Waals surface area (Å²) in [4.78, 5) is 16.9. The first-order valence-corrected chi connectivity index (χ1v) is 8.60. The molecule has 0 spiro atoms. The maximum absolute atomic E-state index is 12.4. The molecule has 0 saturated heterocycles. The van der Waals surface area contributed by atoms with Gasteiger partial charge < -0.3 is 0 Å². The molecule has 0 saturated carbocycles. The Morgan fingerprint density at radius 1 is 1.00 bits per heavy atom. The second-order valence-electron chi connectivity index (χ2n) is 5.36. The van der Waals surface area contributed by atoms with E-state index < -0.39 is 0 Å². The Bertz CT molecular complexity index is 976. The molecule has 0 aliphatic carbocycles. The first-order valence-electron chi connectivity index (χ1n) is 7.72. The van der Waals surface area contributed by atoms with E-state index in [1.165, 1.54) is 11.3 Å². The van der Waals surface area contributed by atoms with Gasteiger partial charge in [0.2, 0.25) is 0 Å². The van der Waals surface area contributed by atoms with Crippen LogP contribution >= 0.6 is 11.3 Å². The number of carbonyl (C=O) groups is 1. The molecule has 4 aromatic rings. The van der Waals surface area contributed by atoms with Crippen molar-refractivity contribution in [2.45, 2.75) is 0 Å². The molecule has 0 radical (unpaired) electrons. The summed E-state index contributed by atoms with van der Waals surface area (Å²) in [6.07, 6.45) is 3.57. The highest BCUT2D eigenvalue weighted by atomic mass is 32.1. The van der Waals surface area contributed by atoms with E-state index in [1.54, 1.807) is 23.0 Å². The van der Waals surface area contributed by atoms with E-state index in [0.29, 0.717) is 10.7 Å². The lowest BCUT2D eigenvalue weighted by Gasteiger charge is -2.04. The lowest BCUT2D eigenvalue weighted by Crippen LogP contribution is -2.11. The van der Waals surface area contributed by atoms with Crippen molar-refractivity contribution in [2.24, 2.45) is 0 Å². The Balaban J connectivity index is 1.48. The van der Waals surface area contributed by atoms with E-state index in [-0.39, 0.29) is 5.91 Å². The third-order valence-electron chi connectivity index (χ3n) is 3.69. The van der Waals surface area contributed by atoms with E-state index in [0.717, 1.165) is 16.9 Å². The highest BCUT2D eigenvalue weighted by Gasteiger charge is 2.10. The number of thiazole rings is 1. The molecule has 1 N–H and O–H groups in total. The SMILES string of the molecule is O=C(Nc1nc(-c2ccccc2)cs1)c1ccc(-n2cccn2)cc1. The molecule has 4 rings (SSSR count). The van der Waals surface area contributed by atoms with Gasteiger partial charge in [0.25, 0.3) is 5.91 Å². The maximum Gasteiger partial charge on any atom is 0.257 e. The predicted molar refractivity (Wildman–Crippen MR) is 99.1 cm³/mol. The Labute approximate surface area is 148 Å². The summed E-state index contributed by atoms with van der Waals surface area (Å²) in [6.45, 7) is 0. The second kappa shape index (κ2) is 6.70. The van der Waals surface area contributed by atoms with Crippen LogP contribution in [0.2, 0.25) is 0 Å². The van der Waals surface area contributed by atoms with Crippen molar-refractivity contribution in [3.8, 4) is 16.9 Å². The number of anilines is 1. The minimum Gasteiger partial charge on any atom is -0.298 e. The van der Waals surface area contributed by atoms with Crippen LogP contribution in [0.1, 0.15) is 10.4 Å². The average Bonchev–Trinajstić information content (AvgIpc) is 3.35. The van der Waals surface area contributed by atoms with Gasteiger partial charge in [-0.1, -0.05) is 30.3 Å². The lowest BCUT2D eigenvalue weighted by molar-refractivity contribution is 0.102. The maximum atomic E-state index is 12.4. The fourth-order valence-electron chi connectivity index (χ4n) is 2.43. The number of nitrogens with zero attached hydrogens (tertiary/aromatic N) is 3. The highest BCUT2D eigenvalue weighted by molar-refractivity contribution is 7.14. The van der Waals surface area contributed by atoms with E-state index in [4.69, 9.17) is 0 Å². The zero-order chi connectivity index (χ0) is 17.1. The zero-order valence-corrected chi connectivity index (χ0v) is 14.0. The van der Waals surface area contributed by atoms with Gasteiger partial charge in [-0.05, 0) is 30.3 Å². The molecule has 0 aliphatic rings. The van der Waals surface area contributed by atoms with Gasteiger partial charge in [-0.3, -0.25) is 10.1 Å². The largest absolute Gasteiger partial charge is 0.298 e. The third-order valence-corrected chi connectivity index (χ3v) is 4.45. The van der Waals surface area contributed by atoms with Gasteiger partial charge in [-0.15, -0.1) is 11.3 Å². The second-order valence-corrected chi connectivity index (χ2v) is 6.21. The monoisotopic (exact) mass is 346 g/mol. The number of rotatable bonds is 4. The molecule has 6 heteroatoms. The first kappa shape index (κ1) is 15.3. The summed E-state index contributed by atoms with van der Waals surface area (Å²) in [6, 6.07) is 19.0. The molecule has 5 nitrogen and oxygen atoms in total. The molecule has 0 bridgehead atoms. The molecule has 2 aromatic carbocycles. The number of aromatic nitrogens is 3. The van der Waals surface area contributed by atoms with Crippen molar-refractivity contribution in [2.75, 3.05) is 5.32 Å². The van der Waals surface area contributed by atoms with Gasteiger partial charge in [0.1, 0.15) is 0 Å². The van der Waals surface area contributed by atoms with Crippen molar-refractivity contribution >= 4 is 22.4 Å². The van der Waals surface area contributed by atoms with E-state index in [9.17, 15) is 4.79 Å². The summed E-state index contributed by atoms with van der Waals surface area (Å²) in [7, 11) is 0. The summed E-state index contributed by atoms with van der Waals surface area (Å²) >= 11 is 1.41. The van der Waals surface area contributed by atoms with Crippen LogP contribution in [0, 0.1) is 0 Å². The Morgan fingerprint density at radius 3 is 2.52 bits per heavy atom. The Hall–Kier alpha value is -3.25. The van der Waals surface area contributed by atoms with Crippen molar-refractivity contribution in [3.63, 3.8) is 0 Å². The summed E-state index contributed by atoms with van der Waals surface area (Å²) in [5.74, 6) is -0.180. The van der Waals surface area contributed by atoms with Crippen LogP contribution in [0.4, 0.5) is 5.13 Å². The van der Waals surface area contributed by atoms with Crippen molar-refractivity contribution in [3.05, 3.63) is 84.0 Å². The molecule has 0 unspecified atom stereocenters. The Kier molecular flexibility index (Phi) is 4.10. The van der Waals surface area contributed by atoms with E-state index in [1.807, 2.05) is 60.1 Å². The van der Waals surface area contributed by atoms with Gasteiger partial charge in [0.15, 0.2) is 5.13 Å². The van der Waals surface area contributed by atoms with E-state index in [2.05, 4.69) is 15.4 Å². The fraction of sp³-hybridized carbons (Fsp3) is 0. The number of amides is 1. The summed E-state index contributed by atoms with van der Waals surface area (Å²) < 4.78 is 1.74. The first-order chi connectivity index (χ1) is 12.3. The van der Waals surface area contributed by atoms with Crippen LogP contribution in [0.3, 0.4) is 0 Å². The summed E-state index contributed by atoms with van der Waals surface area (Å²) in [5, 5.41) is 9.54. The number of benzene rings is 2. The quantitative estimate of drug-likeness (QED) is 0.601. The minimum absolute atomic E-state index is 0.180. The minimum atomic E-state index is -0.180. The third kappa shape index (κ3) is 3.34. The number of carbonyl (C=O) groups excluding carboxylic acids is 1. The van der Waals surface area contributed by atoms with Gasteiger partial charge in [0, 0.05) is 28.9 Å². The van der Waals surface area contributed by atoms with Crippen molar-refractivity contribution in [1.82, 2.24) is 14.8 Å². The highest BCUT2D eigenvalue weighted by Crippen LogP contribution is 2.25. The molecule has 2 aromatic heterocycles. The van der Waals surface area contributed by atoms with Crippen LogP contribution < -0.4 is 5.32 Å². The lowest BCUT2D eigenvalue weighted by atomic mass is 10.2. The molecular weight excluding hydrogens is 332 g/mol. The predicted octanol–water partition coefficient (Wildman–Crippen LogP) is 4.25. The normalized spacial score (nSPS) is 10.6. The molecule has 25 heavy (non-hydrogen) atoms. The number of hydrogen-bond acceptors (Lipinski definition) is 4. The van der Waals surface area contributed by atoms with E-state index >= 15 is 0 Å². The molecule has 1 amide bonds. The van der Waals surface area contributed by atoms with Gasteiger partial charge >= 0.3 is 0 Å². The molecule has 2 heterocycles. The smallest absolute Gasteiger partial charge is 0.257 e.